The second kappa shape index (κ2) is 5.71. The Morgan fingerprint density at radius 3 is 2.05 bits per heavy atom. The van der Waals surface area contributed by atoms with Gasteiger partial charge in [-0.2, -0.15) is 4.31 Å². The molecule has 0 N–H and O–H groups in total. The van der Waals surface area contributed by atoms with Crippen molar-refractivity contribution in [1.29, 1.82) is 0 Å². The van der Waals surface area contributed by atoms with Crippen LogP contribution in [0.2, 0.25) is 0 Å². The molecule has 0 amide bonds. The molecule has 1 aliphatic heterocycles. The van der Waals surface area contributed by atoms with Gasteiger partial charge in [0.1, 0.15) is 0 Å². The van der Waals surface area contributed by atoms with Crippen LogP contribution < -0.4 is 0 Å². The van der Waals surface area contributed by atoms with Crippen LogP contribution in [-0.2, 0) is 14.8 Å². The first-order valence-electron chi connectivity index (χ1n) is 7.37. The third kappa shape index (κ3) is 3.00. The molecule has 0 saturated carbocycles. The van der Waals surface area contributed by atoms with Crippen molar-refractivity contribution in [3.05, 3.63) is 28.3 Å². The number of hydrogen-bond acceptors (Lipinski definition) is 3. The second-order valence-electron chi connectivity index (χ2n) is 6.15. The molecule has 1 fully saturated rings. The first-order chi connectivity index (χ1) is 9.64. The first-order valence-corrected chi connectivity index (χ1v) is 8.81. The molecule has 0 radical (unpaired) electrons. The van der Waals surface area contributed by atoms with E-state index < -0.39 is 10.0 Å². The fourth-order valence-corrected chi connectivity index (χ4v) is 4.87. The average molecular weight is 311 g/mol. The highest BCUT2D eigenvalue weighted by atomic mass is 32.2. The largest absolute Gasteiger partial charge is 0.373 e. The standard InChI is InChI=1S/C16H25NO3S/c1-10-7-16(15(6)14(5)13(10)4)21(18,19)17-8-11(2)20-12(3)9-17/h7,11-12H,8-9H2,1-6H3/t11-,12-/m1/s1. The van der Waals surface area contributed by atoms with Crippen LogP contribution in [0, 0.1) is 27.7 Å². The number of nitrogens with zero attached hydrogens (tertiary/aromatic N) is 1. The van der Waals surface area contributed by atoms with E-state index in [0.717, 1.165) is 22.3 Å². The number of ether oxygens (including phenoxy) is 1. The van der Waals surface area contributed by atoms with Gasteiger partial charge in [-0.25, -0.2) is 8.42 Å². The van der Waals surface area contributed by atoms with Gasteiger partial charge in [0, 0.05) is 13.1 Å². The molecular weight excluding hydrogens is 286 g/mol. The molecule has 0 unspecified atom stereocenters. The topological polar surface area (TPSA) is 46.6 Å². The summed E-state index contributed by atoms with van der Waals surface area (Å²) in [6.07, 6.45) is -0.145. The van der Waals surface area contributed by atoms with Crippen molar-refractivity contribution in [2.45, 2.75) is 58.6 Å². The molecule has 1 aliphatic rings. The Kier molecular flexibility index (Phi) is 4.47. The van der Waals surface area contributed by atoms with Gasteiger partial charge in [-0.3, -0.25) is 0 Å². The smallest absolute Gasteiger partial charge is 0.243 e. The summed E-state index contributed by atoms with van der Waals surface area (Å²) in [6.45, 7) is 12.5. The van der Waals surface area contributed by atoms with Crippen LogP contribution in [0.25, 0.3) is 0 Å². The molecule has 0 aliphatic carbocycles. The Morgan fingerprint density at radius 1 is 1.00 bits per heavy atom. The molecule has 1 heterocycles. The molecule has 2 rings (SSSR count). The molecule has 1 aromatic carbocycles. The van der Waals surface area contributed by atoms with Gasteiger partial charge in [0.05, 0.1) is 17.1 Å². The summed E-state index contributed by atoms with van der Waals surface area (Å²) in [4.78, 5) is 0.435. The van der Waals surface area contributed by atoms with Gasteiger partial charge in [0.15, 0.2) is 0 Å². The summed E-state index contributed by atoms with van der Waals surface area (Å²) in [7, 11) is -3.47. The molecule has 0 bridgehead atoms. The molecule has 21 heavy (non-hydrogen) atoms. The van der Waals surface area contributed by atoms with E-state index in [1.807, 2.05) is 41.5 Å². The van der Waals surface area contributed by atoms with Gasteiger partial charge >= 0.3 is 0 Å². The summed E-state index contributed by atoms with van der Waals surface area (Å²) in [6, 6.07) is 1.80. The van der Waals surface area contributed by atoms with Crippen molar-refractivity contribution in [1.82, 2.24) is 4.31 Å². The van der Waals surface area contributed by atoms with Crippen LogP contribution >= 0.6 is 0 Å². The summed E-state index contributed by atoms with van der Waals surface area (Å²) in [5.41, 5.74) is 4.09. The number of hydrogen-bond donors (Lipinski definition) is 0. The predicted octanol–water partition coefficient (Wildman–Crippen LogP) is 2.72. The van der Waals surface area contributed by atoms with Gasteiger partial charge in [-0.1, -0.05) is 0 Å². The van der Waals surface area contributed by atoms with Crippen LogP contribution in [0.3, 0.4) is 0 Å². The molecule has 1 saturated heterocycles. The van der Waals surface area contributed by atoms with Crippen LogP contribution in [0.1, 0.15) is 36.1 Å². The lowest BCUT2D eigenvalue weighted by Crippen LogP contribution is -2.48. The Balaban J connectivity index is 2.50. The minimum atomic E-state index is -3.47. The van der Waals surface area contributed by atoms with E-state index in [1.54, 1.807) is 10.4 Å². The van der Waals surface area contributed by atoms with Crippen molar-refractivity contribution in [2.24, 2.45) is 0 Å². The van der Waals surface area contributed by atoms with E-state index in [4.69, 9.17) is 4.74 Å². The van der Waals surface area contributed by atoms with E-state index in [1.165, 1.54) is 0 Å². The number of rotatable bonds is 2. The number of sulfonamides is 1. The fraction of sp³-hybridized carbons (Fsp3) is 0.625. The third-order valence-electron chi connectivity index (χ3n) is 4.44. The number of benzene rings is 1. The second-order valence-corrected chi connectivity index (χ2v) is 8.05. The normalized spacial score (nSPS) is 24.3. The highest BCUT2D eigenvalue weighted by Crippen LogP contribution is 2.28. The van der Waals surface area contributed by atoms with E-state index in [9.17, 15) is 8.42 Å². The Bertz CT molecular complexity index is 642. The fourth-order valence-electron chi connectivity index (χ4n) is 2.91. The van der Waals surface area contributed by atoms with Crippen LogP contribution in [-0.4, -0.2) is 38.0 Å². The van der Waals surface area contributed by atoms with Crippen LogP contribution in [0.15, 0.2) is 11.0 Å². The average Bonchev–Trinajstić information content (AvgIpc) is 2.39. The zero-order chi connectivity index (χ0) is 15.9. The Hall–Kier alpha value is -0.910. The van der Waals surface area contributed by atoms with Gasteiger partial charge in [-0.05, 0) is 69.9 Å². The van der Waals surface area contributed by atoms with Crippen molar-refractivity contribution in [3.63, 3.8) is 0 Å². The van der Waals surface area contributed by atoms with Gasteiger partial charge < -0.3 is 4.74 Å². The molecule has 0 spiro atoms. The van der Waals surface area contributed by atoms with Gasteiger partial charge in [-0.15, -0.1) is 0 Å². The van der Waals surface area contributed by atoms with Crippen molar-refractivity contribution >= 4 is 10.0 Å². The van der Waals surface area contributed by atoms with Crippen LogP contribution in [0.4, 0.5) is 0 Å². The minimum absolute atomic E-state index is 0.0727. The quantitative estimate of drug-likeness (QED) is 0.843. The Morgan fingerprint density at radius 2 is 1.52 bits per heavy atom. The molecule has 0 aromatic heterocycles. The molecule has 2 atom stereocenters. The van der Waals surface area contributed by atoms with Crippen LogP contribution in [0.5, 0.6) is 0 Å². The van der Waals surface area contributed by atoms with E-state index in [-0.39, 0.29) is 12.2 Å². The zero-order valence-electron chi connectivity index (χ0n) is 13.7. The molecule has 4 nitrogen and oxygen atoms in total. The maximum absolute atomic E-state index is 13.0. The lowest BCUT2D eigenvalue weighted by Gasteiger charge is -2.35. The zero-order valence-corrected chi connectivity index (χ0v) is 14.5. The van der Waals surface area contributed by atoms with E-state index in [0.29, 0.717) is 18.0 Å². The van der Waals surface area contributed by atoms with Crippen molar-refractivity contribution in [3.8, 4) is 0 Å². The maximum atomic E-state index is 13.0. The SMILES string of the molecule is Cc1cc(S(=O)(=O)N2C[C@@H](C)O[C@H](C)C2)c(C)c(C)c1C. The lowest BCUT2D eigenvalue weighted by molar-refractivity contribution is -0.0440. The first kappa shape index (κ1) is 16.5. The number of aryl methyl sites for hydroxylation is 1. The minimum Gasteiger partial charge on any atom is -0.373 e. The number of morpholine rings is 1. The lowest BCUT2D eigenvalue weighted by atomic mass is 10.00. The highest BCUT2D eigenvalue weighted by molar-refractivity contribution is 7.89. The summed E-state index contributed by atoms with van der Waals surface area (Å²) < 4.78 is 33.2. The van der Waals surface area contributed by atoms with E-state index in [2.05, 4.69) is 0 Å². The van der Waals surface area contributed by atoms with E-state index >= 15 is 0 Å². The summed E-state index contributed by atoms with van der Waals surface area (Å²) >= 11 is 0. The van der Waals surface area contributed by atoms with Crippen molar-refractivity contribution < 1.29 is 13.2 Å². The molecule has 1 aromatic rings. The van der Waals surface area contributed by atoms with Gasteiger partial charge in [0.2, 0.25) is 10.0 Å². The predicted molar refractivity (Wildman–Crippen MR) is 84.2 cm³/mol. The Labute approximate surface area is 128 Å². The monoisotopic (exact) mass is 311 g/mol. The summed E-state index contributed by atoms with van der Waals surface area (Å²) in [5, 5.41) is 0. The molecular formula is C16H25NO3S. The van der Waals surface area contributed by atoms with Gasteiger partial charge in [0.25, 0.3) is 0 Å². The molecule has 5 heteroatoms. The summed E-state index contributed by atoms with van der Waals surface area (Å²) in [5.74, 6) is 0. The third-order valence-corrected chi connectivity index (χ3v) is 6.40. The highest BCUT2D eigenvalue weighted by Gasteiger charge is 2.33. The van der Waals surface area contributed by atoms with Crippen molar-refractivity contribution in [2.75, 3.05) is 13.1 Å². The maximum Gasteiger partial charge on any atom is 0.243 e. The molecule has 118 valence electrons.